The molecule has 6 rings (SSSR count). The lowest BCUT2D eigenvalue weighted by Gasteiger charge is -2.26. The van der Waals surface area contributed by atoms with Gasteiger partial charge >= 0.3 is 6.03 Å². The van der Waals surface area contributed by atoms with Crippen LogP contribution in [0.25, 0.3) is 10.9 Å². The molecule has 0 aliphatic carbocycles. The van der Waals surface area contributed by atoms with Crippen molar-refractivity contribution < 1.29 is 14.3 Å². The summed E-state index contributed by atoms with van der Waals surface area (Å²) < 4.78 is 13.2. The fraction of sp³-hybridized carbons (Fsp3) is 0.303. The Morgan fingerprint density at radius 2 is 1.82 bits per heavy atom. The number of nitrogens with one attached hydrogen (secondary N) is 2. The number of morpholine rings is 1. The molecule has 1 saturated heterocycles. The summed E-state index contributed by atoms with van der Waals surface area (Å²) in [6.45, 7) is 9.38. The molecule has 2 aromatic carbocycles. The number of aromatic nitrogens is 5. The number of ether oxygens (including phenoxy) is 2. The van der Waals surface area contributed by atoms with E-state index in [1.54, 1.807) is 13.1 Å². The molecule has 2 N–H and O–H groups in total. The second-order valence-corrected chi connectivity index (χ2v) is 10.9. The first kappa shape index (κ1) is 30.0. The summed E-state index contributed by atoms with van der Waals surface area (Å²) in [5.74, 6) is 1.80. The van der Waals surface area contributed by atoms with Crippen molar-refractivity contribution in [2.45, 2.75) is 20.4 Å². The number of rotatable bonds is 10. The number of pyridine rings is 1. The highest BCUT2D eigenvalue weighted by atomic mass is 16.5. The van der Waals surface area contributed by atoms with Crippen molar-refractivity contribution in [3.8, 4) is 5.75 Å². The highest BCUT2D eigenvalue weighted by Crippen LogP contribution is 2.28. The maximum atomic E-state index is 13.4. The van der Waals surface area contributed by atoms with E-state index in [4.69, 9.17) is 14.6 Å². The Morgan fingerprint density at radius 3 is 2.62 bits per heavy atom. The molecule has 1 fully saturated rings. The fourth-order valence-corrected chi connectivity index (χ4v) is 5.29. The van der Waals surface area contributed by atoms with Crippen LogP contribution in [-0.2, 0) is 11.3 Å². The molecule has 0 radical (unpaired) electrons. The minimum Gasteiger partial charge on any atom is -0.492 e. The minimum absolute atomic E-state index is 0.335. The van der Waals surface area contributed by atoms with Gasteiger partial charge in [0.1, 0.15) is 30.3 Å². The van der Waals surface area contributed by atoms with Crippen molar-refractivity contribution in [2.24, 2.45) is 0 Å². The number of anilines is 4. The highest BCUT2D eigenvalue weighted by molar-refractivity contribution is 6.07. The molecule has 1 aliphatic heterocycles. The maximum absolute atomic E-state index is 13.4. The van der Waals surface area contributed by atoms with E-state index in [0.29, 0.717) is 30.5 Å². The van der Waals surface area contributed by atoms with Gasteiger partial charge in [-0.05, 0) is 62.4 Å². The van der Waals surface area contributed by atoms with Crippen LogP contribution in [0.1, 0.15) is 17.1 Å². The molecule has 0 saturated carbocycles. The van der Waals surface area contributed by atoms with Gasteiger partial charge in [0.25, 0.3) is 0 Å². The van der Waals surface area contributed by atoms with Crippen molar-refractivity contribution in [1.29, 1.82) is 0 Å². The number of benzene rings is 2. The Labute approximate surface area is 262 Å². The number of carbonyl (C=O) groups is 1. The van der Waals surface area contributed by atoms with E-state index >= 15 is 0 Å². The SMILES string of the molecule is Cc1cccc(Cn2nc(C)c3c(NC(=O)N(C)c4cc(Nc5ccc(OCCN6CCOCC6)cc5)ncn4)cccc32)n1. The van der Waals surface area contributed by atoms with Crippen LogP contribution >= 0.6 is 0 Å². The van der Waals surface area contributed by atoms with Crippen LogP contribution in [0.2, 0.25) is 0 Å². The maximum Gasteiger partial charge on any atom is 0.327 e. The summed E-state index contributed by atoms with van der Waals surface area (Å²) in [5.41, 5.74) is 5.12. The molecule has 0 atom stereocenters. The minimum atomic E-state index is -0.335. The quantitative estimate of drug-likeness (QED) is 0.226. The molecular formula is C33H37N9O3. The Kier molecular flexibility index (Phi) is 9.13. The number of aryl methyl sites for hydroxylation is 2. The summed E-state index contributed by atoms with van der Waals surface area (Å²) in [4.78, 5) is 30.4. The lowest BCUT2D eigenvalue weighted by atomic mass is 10.1. The summed E-state index contributed by atoms with van der Waals surface area (Å²) in [7, 11) is 1.67. The third-order valence-electron chi connectivity index (χ3n) is 7.66. The first-order valence-corrected chi connectivity index (χ1v) is 15.0. The molecule has 45 heavy (non-hydrogen) atoms. The smallest absolute Gasteiger partial charge is 0.327 e. The topological polar surface area (TPSA) is 123 Å². The van der Waals surface area contributed by atoms with Crippen molar-refractivity contribution >= 4 is 39.9 Å². The number of urea groups is 1. The monoisotopic (exact) mass is 607 g/mol. The molecule has 0 spiro atoms. The van der Waals surface area contributed by atoms with Gasteiger partial charge in [0.05, 0.1) is 42.4 Å². The molecule has 1 aliphatic rings. The van der Waals surface area contributed by atoms with Crippen molar-refractivity contribution in [1.82, 2.24) is 29.6 Å². The number of hydrogen-bond acceptors (Lipinski definition) is 9. The molecule has 0 unspecified atom stereocenters. The van der Waals surface area contributed by atoms with Crippen LogP contribution in [0.4, 0.5) is 27.8 Å². The Morgan fingerprint density at radius 1 is 1.02 bits per heavy atom. The van der Waals surface area contributed by atoms with Gasteiger partial charge in [-0.15, -0.1) is 0 Å². The summed E-state index contributed by atoms with van der Waals surface area (Å²) in [6.07, 6.45) is 1.43. The highest BCUT2D eigenvalue weighted by Gasteiger charge is 2.18. The molecule has 4 heterocycles. The second kappa shape index (κ2) is 13.7. The predicted octanol–water partition coefficient (Wildman–Crippen LogP) is 5.01. The lowest BCUT2D eigenvalue weighted by molar-refractivity contribution is 0.0322. The molecule has 12 nitrogen and oxygen atoms in total. The fourth-order valence-electron chi connectivity index (χ4n) is 5.29. The van der Waals surface area contributed by atoms with Gasteiger partial charge < -0.3 is 20.1 Å². The first-order valence-electron chi connectivity index (χ1n) is 15.0. The number of fused-ring (bicyclic) bond motifs is 1. The zero-order valence-electron chi connectivity index (χ0n) is 25.7. The van der Waals surface area contributed by atoms with Gasteiger partial charge in [0.15, 0.2) is 0 Å². The van der Waals surface area contributed by atoms with E-state index in [9.17, 15) is 4.79 Å². The van der Waals surface area contributed by atoms with Gasteiger partial charge in [-0.2, -0.15) is 5.10 Å². The number of carbonyl (C=O) groups excluding carboxylic acids is 1. The zero-order chi connectivity index (χ0) is 31.2. The number of nitrogens with zero attached hydrogens (tertiary/aromatic N) is 7. The van der Waals surface area contributed by atoms with Crippen molar-refractivity contribution in [3.63, 3.8) is 0 Å². The van der Waals surface area contributed by atoms with Crippen LogP contribution in [0.3, 0.4) is 0 Å². The Bertz CT molecular complexity index is 1770. The van der Waals surface area contributed by atoms with E-state index < -0.39 is 0 Å². The number of amides is 2. The van der Waals surface area contributed by atoms with Gasteiger partial charge in [-0.1, -0.05) is 12.1 Å². The predicted molar refractivity (Wildman–Crippen MR) is 174 cm³/mol. The van der Waals surface area contributed by atoms with E-state index in [1.165, 1.54) is 11.2 Å². The third-order valence-corrected chi connectivity index (χ3v) is 7.66. The average molecular weight is 608 g/mol. The number of hydrogen-bond donors (Lipinski definition) is 2. The summed E-state index contributed by atoms with van der Waals surface area (Å²) in [6, 6.07) is 20.8. The average Bonchev–Trinajstić information content (AvgIpc) is 3.37. The van der Waals surface area contributed by atoms with E-state index in [2.05, 4.69) is 30.5 Å². The van der Waals surface area contributed by atoms with E-state index in [0.717, 1.165) is 72.3 Å². The van der Waals surface area contributed by atoms with E-state index in [-0.39, 0.29) is 6.03 Å². The summed E-state index contributed by atoms with van der Waals surface area (Å²) >= 11 is 0. The molecular weight excluding hydrogens is 570 g/mol. The first-order chi connectivity index (χ1) is 21.9. The summed E-state index contributed by atoms with van der Waals surface area (Å²) in [5, 5.41) is 11.9. The van der Waals surface area contributed by atoms with Gasteiger partial charge in [-0.25, -0.2) is 14.8 Å². The third kappa shape index (κ3) is 7.36. The molecule has 2 amide bonds. The van der Waals surface area contributed by atoms with Gasteiger partial charge in [-0.3, -0.25) is 19.5 Å². The Hall–Kier alpha value is -5.07. The van der Waals surface area contributed by atoms with Gasteiger partial charge in [0, 0.05) is 49.5 Å². The van der Waals surface area contributed by atoms with Crippen LogP contribution in [0.5, 0.6) is 5.75 Å². The van der Waals surface area contributed by atoms with Crippen LogP contribution in [0.15, 0.2) is 73.1 Å². The van der Waals surface area contributed by atoms with Crippen molar-refractivity contribution in [3.05, 3.63) is 90.1 Å². The lowest BCUT2D eigenvalue weighted by Crippen LogP contribution is -2.38. The normalized spacial score (nSPS) is 13.5. The van der Waals surface area contributed by atoms with E-state index in [1.807, 2.05) is 79.2 Å². The largest absolute Gasteiger partial charge is 0.492 e. The van der Waals surface area contributed by atoms with Crippen LogP contribution < -0.4 is 20.3 Å². The molecule has 232 valence electrons. The van der Waals surface area contributed by atoms with Crippen LogP contribution in [0, 0.1) is 13.8 Å². The van der Waals surface area contributed by atoms with Crippen molar-refractivity contribution in [2.75, 3.05) is 62.0 Å². The molecule has 3 aromatic heterocycles. The molecule has 12 heteroatoms. The Balaban J connectivity index is 1.08. The van der Waals surface area contributed by atoms with Crippen LogP contribution in [-0.4, -0.2) is 82.2 Å². The molecule has 0 bridgehead atoms. The standard InChI is InChI=1S/C33H37N9O3/c1-23-6-4-7-26(36-23)21-42-29-9-5-8-28(32(29)24(2)39-42)38-33(43)40(3)31-20-30(34-22-35-31)37-25-10-12-27(13-11-25)45-19-16-41-14-17-44-18-15-41/h4-13,20,22H,14-19,21H2,1-3H3,(H,38,43)(H,34,35,37). The molecule has 5 aromatic rings. The second-order valence-electron chi connectivity index (χ2n) is 10.9. The van der Waals surface area contributed by atoms with Gasteiger partial charge in [0.2, 0.25) is 0 Å². The zero-order valence-corrected chi connectivity index (χ0v) is 25.7.